The minimum Gasteiger partial charge on any atom is -0.0868 e. The van der Waals surface area contributed by atoms with Gasteiger partial charge in [0.2, 0.25) is 0 Å². The van der Waals surface area contributed by atoms with Crippen LogP contribution in [0.3, 0.4) is 0 Å². The fourth-order valence-corrected chi connectivity index (χ4v) is 3.92. The van der Waals surface area contributed by atoms with Gasteiger partial charge in [-0.3, -0.25) is 0 Å². The molecular weight excluding hydrogens is 263 g/mol. The first-order chi connectivity index (χ1) is 8.79. The van der Waals surface area contributed by atoms with Crippen molar-refractivity contribution in [3.63, 3.8) is 0 Å². The molecular formula is C16H10Cl2. The Bertz CT molecular complexity index is 580. The molecule has 2 aromatic carbocycles. The SMILES string of the molecule is ClC1=C(Cl)C2c3ccccc3C1c1ccccc12. The summed E-state index contributed by atoms with van der Waals surface area (Å²) >= 11 is 12.9. The van der Waals surface area contributed by atoms with Gasteiger partial charge in [-0.25, -0.2) is 0 Å². The molecule has 0 saturated heterocycles. The lowest BCUT2D eigenvalue weighted by atomic mass is 9.67. The predicted octanol–water partition coefficient (Wildman–Crippen LogP) is 4.97. The average Bonchev–Trinajstić information content (AvgIpc) is 2.42. The van der Waals surface area contributed by atoms with Crippen LogP contribution in [0.4, 0.5) is 0 Å². The Balaban J connectivity index is 2.10. The lowest BCUT2D eigenvalue weighted by Gasteiger charge is -2.39. The Morgan fingerprint density at radius 3 is 1.11 bits per heavy atom. The van der Waals surface area contributed by atoms with Crippen LogP contribution < -0.4 is 0 Å². The van der Waals surface area contributed by atoms with Crippen molar-refractivity contribution >= 4 is 23.2 Å². The molecule has 0 fully saturated rings. The Morgan fingerprint density at radius 1 is 0.556 bits per heavy atom. The molecule has 88 valence electrons. The molecule has 0 atom stereocenters. The number of rotatable bonds is 0. The molecule has 0 spiro atoms. The van der Waals surface area contributed by atoms with Crippen molar-refractivity contribution in [2.75, 3.05) is 0 Å². The third-order valence-electron chi connectivity index (χ3n) is 3.97. The summed E-state index contributed by atoms with van der Waals surface area (Å²) in [5.41, 5.74) is 5.21. The highest BCUT2D eigenvalue weighted by atomic mass is 35.5. The summed E-state index contributed by atoms with van der Waals surface area (Å²) in [6.45, 7) is 0. The van der Waals surface area contributed by atoms with Crippen LogP contribution in [0.2, 0.25) is 0 Å². The van der Waals surface area contributed by atoms with E-state index in [1.807, 2.05) is 0 Å². The maximum absolute atomic E-state index is 6.47. The molecule has 0 aliphatic heterocycles. The molecule has 18 heavy (non-hydrogen) atoms. The van der Waals surface area contributed by atoms with Crippen molar-refractivity contribution in [2.24, 2.45) is 0 Å². The van der Waals surface area contributed by atoms with Gasteiger partial charge < -0.3 is 0 Å². The standard InChI is InChI=1S/C16H10Cl2/c17-15-13-9-5-1-2-6-10(9)14(16(15)18)12-8-4-3-7-11(12)13/h1-8,13-14H. The van der Waals surface area contributed by atoms with Gasteiger partial charge in [0.15, 0.2) is 0 Å². The van der Waals surface area contributed by atoms with Gasteiger partial charge in [-0.2, -0.15) is 0 Å². The van der Waals surface area contributed by atoms with Gasteiger partial charge in [0, 0.05) is 21.9 Å². The van der Waals surface area contributed by atoms with Crippen LogP contribution in [0.25, 0.3) is 0 Å². The highest BCUT2D eigenvalue weighted by molar-refractivity contribution is 6.41. The normalized spacial score (nSPS) is 23.9. The number of hydrogen-bond acceptors (Lipinski definition) is 0. The second-order valence-corrected chi connectivity index (χ2v) is 5.63. The largest absolute Gasteiger partial charge is 0.0868 e. The van der Waals surface area contributed by atoms with Gasteiger partial charge in [0.05, 0.1) is 0 Å². The summed E-state index contributed by atoms with van der Waals surface area (Å²) in [5, 5.41) is 1.58. The summed E-state index contributed by atoms with van der Waals surface area (Å²) in [5.74, 6) is 0.244. The van der Waals surface area contributed by atoms with Crippen molar-refractivity contribution in [2.45, 2.75) is 11.8 Å². The Morgan fingerprint density at radius 2 is 0.833 bits per heavy atom. The summed E-state index contributed by atoms with van der Waals surface area (Å²) in [4.78, 5) is 0. The van der Waals surface area contributed by atoms with Gasteiger partial charge in [0.1, 0.15) is 0 Å². The van der Waals surface area contributed by atoms with Gasteiger partial charge in [0.25, 0.3) is 0 Å². The smallest absolute Gasteiger partial charge is 0.0465 e. The van der Waals surface area contributed by atoms with Gasteiger partial charge in [-0.05, 0) is 22.3 Å². The zero-order valence-electron chi connectivity index (χ0n) is 9.53. The van der Waals surface area contributed by atoms with Crippen LogP contribution in [0.15, 0.2) is 58.6 Å². The van der Waals surface area contributed by atoms with Crippen molar-refractivity contribution in [3.8, 4) is 0 Å². The van der Waals surface area contributed by atoms with E-state index < -0.39 is 0 Å². The zero-order chi connectivity index (χ0) is 12.3. The molecule has 2 bridgehead atoms. The van der Waals surface area contributed by atoms with Crippen LogP contribution in [-0.4, -0.2) is 0 Å². The second-order valence-electron chi connectivity index (χ2n) is 4.82. The van der Waals surface area contributed by atoms with E-state index in [-0.39, 0.29) is 11.8 Å². The molecule has 0 nitrogen and oxygen atoms in total. The van der Waals surface area contributed by atoms with Crippen LogP contribution in [0.5, 0.6) is 0 Å². The fourth-order valence-electron chi connectivity index (χ4n) is 3.23. The van der Waals surface area contributed by atoms with Gasteiger partial charge in [-0.15, -0.1) is 0 Å². The second kappa shape index (κ2) is 3.63. The Labute approximate surface area is 116 Å². The topological polar surface area (TPSA) is 0 Å². The molecule has 0 N–H and O–H groups in total. The van der Waals surface area contributed by atoms with E-state index in [2.05, 4.69) is 48.5 Å². The first kappa shape index (κ1) is 10.7. The first-order valence-electron chi connectivity index (χ1n) is 6.01. The van der Waals surface area contributed by atoms with Crippen LogP contribution in [-0.2, 0) is 0 Å². The summed E-state index contributed by atoms with van der Waals surface area (Å²) in [6, 6.07) is 16.9. The molecule has 0 saturated carbocycles. The molecule has 0 heterocycles. The van der Waals surface area contributed by atoms with Crippen molar-refractivity contribution in [1.82, 2.24) is 0 Å². The van der Waals surface area contributed by atoms with Crippen LogP contribution >= 0.6 is 23.2 Å². The molecule has 3 aliphatic carbocycles. The first-order valence-corrected chi connectivity index (χ1v) is 6.77. The minimum atomic E-state index is 0.122. The molecule has 0 unspecified atom stereocenters. The van der Waals surface area contributed by atoms with Gasteiger partial charge >= 0.3 is 0 Å². The van der Waals surface area contributed by atoms with Crippen molar-refractivity contribution in [3.05, 3.63) is 80.8 Å². The van der Waals surface area contributed by atoms with E-state index in [1.165, 1.54) is 22.3 Å². The van der Waals surface area contributed by atoms with Crippen molar-refractivity contribution < 1.29 is 0 Å². The van der Waals surface area contributed by atoms with E-state index >= 15 is 0 Å². The maximum atomic E-state index is 6.47. The number of hydrogen-bond donors (Lipinski definition) is 0. The lowest BCUT2D eigenvalue weighted by molar-refractivity contribution is 0.787. The van der Waals surface area contributed by atoms with Crippen LogP contribution in [0.1, 0.15) is 34.1 Å². The van der Waals surface area contributed by atoms with Crippen molar-refractivity contribution in [1.29, 1.82) is 0 Å². The molecule has 0 radical (unpaired) electrons. The summed E-state index contributed by atoms with van der Waals surface area (Å²) in [6.07, 6.45) is 0. The maximum Gasteiger partial charge on any atom is 0.0465 e. The number of halogens is 2. The number of benzene rings is 2. The van der Waals surface area contributed by atoms with E-state index in [0.717, 1.165) is 10.1 Å². The molecule has 3 aliphatic rings. The average molecular weight is 273 g/mol. The van der Waals surface area contributed by atoms with Crippen LogP contribution in [0, 0.1) is 0 Å². The summed E-state index contributed by atoms with van der Waals surface area (Å²) in [7, 11) is 0. The fraction of sp³-hybridized carbons (Fsp3) is 0.125. The quantitative estimate of drug-likeness (QED) is 0.636. The Hall–Kier alpha value is -1.24. The van der Waals surface area contributed by atoms with E-state index in [0.29, 0.717) is 0 Å². The number of allylic oxidation sites excluding steroid dienone is 2. The van der Waals surface area contributed by atoms with E-state index in [4.69, 9.17) is 23.2 Å². The summed E-state index contributed by atoms with van der Waals surface area (Å²) < 4.78 is 0. The molecule has 2 aromatic rings. The minimum absolute atomic E-state index is 0.122. The van der Waals surface area contributed by atoms with E-state index in [9.17, 15) is 0 Å². The monoisotopic (exact) mass is 272 g/mol. The van der Waals surface area contributed by atoms with Gasteiger partial charge in [-0.1, -0.05) is 71.7 Å². The third kappa shape index (κ3) is 1.18. The predicted molar refractivity (Wildman–Crippen MR) is 75.3 cm³/mol. The lowest BCUT2D eigenvalue weighted by Crippen LogP contribution is -2.24. The highest BCUT2D eigenvalue weighted by Gasteiger charge is 2.41. The molecule has 2 heteroatoms. The Kier molecular flexibility index (Phi) is 2.15. The molecule has 0 aromatic heterocycles. The molecule has 5 rings (SSSR count). The third-order valence-corrected chi connectivity index (χ3v) is 4.91. The highest BCUT2D eigenvalue weighted by Crippen LogP contribution is 2.57. The zero-order valence-corrected chi connectivity index (χ0v) is 11.0. The molecule has 0 amide bonds. The van der Waals surface area contributed by atoms with E-state index in [1.54, 1.807) is 0 Å².